The van der Waals surface area contributed by atoms with Crippen molar-refractivity contribution in [2.24, 2.45) is 7.05 Å². The number of hydrogen-bond acceptors (Lipinski definition) is 8. The molecule has 0 saturated carbocycles. The highest BCUT2D eigenvalue weighted by Crippen LogP contribution is 2.36. The zero-order valence-corrected chi connectivity index (χ0v) is 28.7. The number of carbonyl (C=O) groups is 1. The molecule has 0 bridgehead atoms. The number of nitrogens with one attached hydrogen (secondary N) is 2. The minimum atomic E-state index is -1.42. The van der Waals surface area contributed by atoms with Gasteiger partial charge in [-0.2, -0.15) is 10.1 Å². The van der Waals surface area contributed by atoms with Gasteiger partial charge in [0.1, 0.15) is 5.82 Å². The Morgan fingerprint density at radius 3 is 2.53 bits per heavy atom. The first-order valence-corrected chi connectivity index (χ1v) is 16.5. The molecule has 0 aliphatic rings. The summed E-state index contributed by atoms with van der Waals surface area (Å²) in [6, 6.07) is 13.8. The molecule has 0 radical (unpaired) electrons. The third kappa shape index (κ3) is 6.51. The first kappa shape index (κ1) is 35.1. The first-order chi connectivity index (χ1) is 25.4. The molecule has 0 amide bonds. The van der Waals surface area contributed by atoms with E-state index in [1.54, 1.807) is 61.4 Å². The lowest BCUT2D eigenvalue weighted by molar-refractivity contribution is 0.0697. The van der Waals surface area contributed by atoms with Gasteiger partial charge in [0, 0.05) is 47.2 Å². The van der Waals surface area contributed by atoms with Crippen molar-refractivity contribution in [2.45, 2.75) is 13.0 Å². The fourth-order valence-electron chi connectivity index (χ4n) is 6.31. The topological polar surface area (TPSA) is 149 Å². The lowest BCUT2D eigenvalue weighted by Gasteiger charge is -2.20. The number of benzene rings is 4. The molecule has 3 heterocycles. The summed E-state index contributed by atoms with van der Waals surface area (Å²) >= 11 is 6.77. The number of likely N-dealkylation sites (N-methyl/N-ethyl adjacent to an activating group) is 1. The minimum absolute atomic E-state index is 0.0116. The molecule has 7 rings (SSSR count). The van der Waals surface area contributed by atoms with Crippen LogP contribution in [-0.2, 0) is 20.0 Å². The van der Waals surface area contributed by atoms with E-state index in [2.05, 4.69) is 25.7 Å². The van der Waals surface area contributed by atoms with Crippen LogP contribution < -0.4 is 22.0 Å². The Kier molecular flexibility index (Phi) is 9.28. The first-order valence-electron chi connectivity index (χ1n) is 16.1. The number of carboxylic acid groups (broad SMARTS) is 1. The fourth-order valence-corrected chi connectivity index (χ4v) is 6.58. The predicted molar refractivity (Wildman–Crippen MR) is 194 cm³/mol. The van der Waals surface area contributed by atoms with Gasteiger partial charge in [0.15, 0.2) is 11.6 Å². The quantitative estimate of drug-likeness (QED) is 0.148. The molecular formula is C37H28ClF3N8O4. The standard InChI is InChI=1S/C37H28ClF3N8O4/c1-42-10-9-24-25-18-47(2)46-30(25)13-26(38)33(24)44-35-45-36(52)49(37(53)48(35)17-22-12-28(40)29(41)14-27(22)39)31-16-43-15-21-7-4-8-23(32(21)31)19-5-3-6-20(11-19)34(50)51/h3-8,11-16,18,42H,9-10,17H2,1-2H3,(H,50,51)(H,44,45,52). The summed E-state index contributed by atoms with van der Waals surface area (Å²) in [5.74, 6) is -5.43. The van der Waals surface area contributed by atoms with Gasteiger partial charge in [-0.15, -0.1) is 0 Å². The molecule has 16 heteroatoms. The second kappa shape index (κ2) is 14.0. The van der Waals surface area contributed by atoms with E-state index in [1.807, 2.05) is 0 Å². The summed E-state index contributed by atoms with van der Waals surface area (Å²) in [7, 11) is 3.51. The van der Waals surface area contributed by atoms with Gasteiger partial charge in [-0.3, -0.25) is 14.2 Å². The number of halogens is 4. The van der Waals surface area contributed by atoms with Gasteiger partial charge >= 0.3 is 17.3 Å². The van der Waals surface area contributed by atoms with Crippen LogP contribution in [0.4, 0.5) is 24.8 Å². The Bertz CT molecular complexity index is 2720. The van der Waals surface area contributed by atoms with E-state index < -0.39 is 46.9 Å². The van der Waals surface area contributed by atoms with Crippen LogP contribution >= 0.6 is 11.6 Å². The van der Waals surface area contributed by atoms with Crippen LogP contribution in [0.3, 0.4) is 0 Å². The highest BCUT2D eigenvalue weighted by molar-refractivity contribution is 6.34. The third-order valence-corrected chi connectivity index (χ3v) is 9.06. The van der Waals surface area contributed by atoms with Crippen molar-refractivity contribution in [1.82, 2.24) is 34.2 Å². The van der Waals surface area contributed by atoms with E-state index >= 15 is 4.39 Å². The number of pyridine rings is 1. The minimum Gasteiger partial charge on any atom is -0.478 e. The average Bonchev–Trinajstić information content (AvgIpc) is 3.50. The fraction of sp³-hybridized carbons (Fsp3) is 0.135. The molecule has 12 nitrogen and oxygen atoms in total. The summed E-state index contributed by atoms with van der Waals surface area (Å²) in [6.07, 6.45) is 4.99. The molecule has 4 aromatic carbocycles. The number of anilines is 2. The van der Waals surface area contributed by atoms with Crippen LogP contribution in [0.15, 0.2) is 88.8 Å². The lowest BCUT2D eigenvalue weighted by Crippen LogP contribution is -2.42. The SMILES string of the molecule is CNCCc1c(Nc2nc(=O)n(-c3cncc4cccc(-c5cccc(C(=O)O)c5)c34)c(=O)n2Cc2cc(F)c(F)cc2F)c(Cl)cc2nn(C)cc12. The summed E-state index contributed by atoms with van der Waals surface area (Å²) in [5, 5.41) is 21.9. The maximum atomic E-state index is 15.2. The molecule has 0 unspecified atom stereocenters. The third-order valence-electron chi connectivity index (χ3n) is 8.76. The van der Waals surface area contributed by atoms with Crippen LogP contribution in [0, 0.1) is 17.5 Å². The molecular weight excluding hydrogens is 713 g/mol. The zero-order valence-electron chi connectivity index (χ0n) is 28.0. The Hall–Kier alpha value is -6.32. The maximum absolute atomic E-state index is 15.2. The Morgan fingerprint density at radius 1 is 0.981 bits per heavy atom. The molecule has 0 fully saturated rings. The predicted octanol–water partition coefficient (Wildman–Crippen LogP) is 5.82. The number of aromatic nitrogens is 6. The van der Waals surface area contributed by atoms with Crippen molar-refractivity contribution in [3.8, 4) is 16.8 Å². The van der Waals surface area contributed by atoms with E-state index in [1.165, 1.54) is 24.5 Å². The van der Waals surface area contributed by atoms with Gasteiger partial charge in [-0.1, -0.05) is 41.9 Å². The van der Waals surface area contributed by atoms with Crippen molar-refractivity contribution in [2.75, 3.05) is 18.9 Å². The van der Waals surface area contributed by atoms with Crippen LogP contribution in [0.5, 0.6) is 0 Å². The van der Waals surface area contributed by atoms with E-state index in [0.29, 0.717) is 63.8 Å². The number of rotatable bonds is 10. The molecule has 0 aliphatic carbocycles. The molecule has 3 N–H and O–H groups in total. The molecule has 0 aliphatic heterocycles. The van der Waals surface area contributed by atoms with Crippen molar-refractivity contribution < 1.29 is 23.1 Å². The highest BCUT2D eigenvalue weighted by Gasteiger charge is 2.23. The van der Waals surface area contributed by atoms with Gasteiger partial charge in [-0.25, -0.2) is 32.1 Å². The van der Waals surface area contributed by atoms with Gasteiger partial charge < -0.3 is 15.7 Å². The number of fused-ring (bicyclic) bond motifs is 2. The highest BCUT2D eigenvalue weighted by atomic mass is 35.5. The molecule has 3 aromatic heterocycles. The molecule has 7 aromatic rings. The lowest BCUT2D eigenvalue weighted by atomic mass is 9.97. The van der Waals surface area contributed by atoms with Crippen molar-refractivity contribution in [3.63, 3.8) is 0 Å². The molecule has 0 spiro atoms. The van der Waals surface area contributed by atoms with Gasteiger partial charge in [0.05, 0.1) is 40.2 Å². The summed E-state index contributed by atoms with van der Waals surface area (Å²) in [4.78, 5) is 49.0. The van der Waals surface area contributed by atoms with Crippen LogP contribution in [0.25, 0.3) is 38.5 Å². The van der Waals surface area contributed by atoms with Crippen LogP contribution in [0.1, 0.15) is 21.5 Å². The Labute approximate surface area is 302 Å². The van der Waals surface area contributed by atoms with E-state index in [4.69, 9.17) is 11.6 Å². The zero-order chi connectivity index (χ0) is 37.6. The van der Waals surface area contributed by atoms with E-state index in [9.17, 15) is 28.3 Å². The van der Waals surface area contributed by atoms with Crippen LogP contribution in [-0.4, -0.2) is 53.6 Å². The molecule has 0 atom stereocenters. The van der Waals surface area contributed by atoms with Crippen LogP contribution in [0.2, 0.25) is 5.02 Å². The maximum Gasteiger partial charge on any atom is 0.359 e. The monoisotopic (exact) mass is 740 g/mol. The summed E-state index contributed by atoms with van der Waals surface area (Å²) in [5.41, 5.74) is -0.00679. The number of aryl methyl sites for hydroxylation is 1. The summed E-state index contributed by atoms with van der Waals surface area (Å²) < 4.78 is 46.9. The van der Waals surface area contributed by atoms with Gasteiger partial charge in [0.25, 0.3) is 0 Å². The molecule has 0 saturated heterocycles. The number of carboxylic acids is 1. The number of hydrogen-bond donors (Lipinski definition) is 3. The molecule has 53 heavy (non-hydrogen) atoms. The van der Waals surface area contributed by atoms with Crippen molar-refractivity contribution >= 4 is 50.9 Å². The second-order valence-electron chi connectivity index (χ2n) is 12.2. The molecule has 268 valence electrons. The van der Waals surface area contributed by atoms with Gasteiger partial charge in [0.2, 0.25) is 5.95 Å². The Morgan fingerprint density at radius 2 is 1.75 bits per heavy atom. The van der Waals surface area contributed by atoms with Crippen molar-refractivity contribution in [1.29, 1.82) is 0 Å². The average molecular weight is 741 g/mol. The van der Waals surface area contributed by atoms with E-state index in [0.717, 1.165) is 14.5 Å². The largest absolute Gasteiger partial charge is 0.478 e. The van der Waals surface area contributed by atoms with E-state index in [-0.39, 0.29) is 22.2 Å². The second-order valence-corrected chi connectivity index (χ2v) is 12.6. The number of aromatic carboxylic acids is 1. The summed E-state index contributed by atoms with van der Waals surface area (Å²) in [6.45, 7) is -0.186. The Balaban J connectivity index is 1.49. The number of nitrogens with zero attached hydrogens (tertiary/aromatic N) is 6. The smallest absolute Gasteiger partial charge is 0.359 e. The van der Waals surface area contributed by atoms with Gasteiger partial charge in [-0.05, 0) is 61.0 Å². The normalized spacial score (nSPS) is 11.4. The van der Waals surface area contributed by atoms with Crippen molar-refractivity contribution in [3.05, 3.63) is 139 Å².